The average Bonchev–Trinajstić information content (AvgIpc) is 2.09. The first-order valence-corrected chi connectivity index (χ1v) is 5.47. The van der Waals surface area contributed by atoms with E-state index >= 15 is 0 Å². The second-order valence-electron chi connectivity index (χ2n) is 4.50. The van der Waals surface area contributed by atoms with Gasteiger partial charge in [0.15, 0.2) is 0 Å². The zero-order valence-corrected chi connectivity index (χ0v) is 9.51. The number of carbonyl (C=O) groups excluding carboxylic acids is 1. The second kappa shape index (κ2) is 4.78. The molecule has 0 aromatic heterocycles. The molecule has 0 saturated carbocycles. The molecule has 0 spiro atoms. The van der Waals surface area contributed by atoms with E-state index in [1.807, 2.05) is 6.92 Å². The molecule has 1 fully saturated rings. The molecule has 1 aliphatic heterocycles. The van der Waals surface area contributed by atoms with Crippen LogP contribution in [0.2, 0.25) is 0 Å². The Bertz CT molecular complexity index is 201. The molecule has 0 amide bonds. The predicted octanol–water partition coefficient (Wildman–Crippen LogP) is 1.81. The van der Waals surface area contributed by atoms with Gasteiger partial charge in [-0.15, -0.1) is 0 Å². The summed E-state index contributed by atoms with van der Waals surface area (Å²) in [5.41, 5.74) is 0.158. The highest BCUT2D eigenvalue weighted by atomic mass is 16.5. The van der Waals surface area contributed by atoms with Gasteiger partial charge >= 0.3 is 5.97 Å². The Morgan fingerprint density at radius 2 is 2.14 bits per heavy atom. The lowest BCUT2D eigenvalue weighted by molar-refractivity contribution is -0.146. The highest BCUT2D eigenvalue weighted by Gasteiger charge is 2.30. The number of esters is 1. The molecule has 1 rings (SSSR count). The van der Waals surface area contributed by atoms with Crippen molar-refractivity contribution in [3.63, 3.8) is 0 Å². The number of piperidine rings is 1. The lowest BCUT2D eigenvalue weighted by atomic mass is 9.90. The van der Waals surface area contributed by atoms with Gasteiger partial charge in [-0.05, 0) is 40.2 Å². The average molecular weight is 199 g/mol. The maximum atomic E-state index is 11.3. The summed E-state index contributed by atoms with van der Waals surface area (Å²) >= 11 is 0. The fraction of sp³-hybridized carbons (Fsp3) is 0.909. The predicted molar refractivity (Wildman–Crippen MR) is 56.1 cm³/mol. The Kier molecular flexibility index (Phi) is 3.93. The van der Waals surface area contributed by atoms with E-state index in [2.05, 4.69) is 18.7 Å². The number of nitrogens with zero attached hydrogens (tertiary/aromatic N) is 1. The summed E-state index contributed by atoms with van der Waals surface area (Å²) < 4.78 is 4.96. The smallest absolute Gasteiger partial charge is 0.320 e. The third kappa shape index (κ3) is 2.98. The summed E-state index contributed by atoms with van der Waals surface area (Å²) in [5.74, 6) is -0.0949. The van der Waals surface area contributed by atoms with E-state index in [-0.39, 0.29) is 11.5 Å². The van der Waals surface area contributed by atoms with E-state index in [9.17, 15) is 4.79 Å². The summed E-state index contributed by atoms with van der Waals surface area (Å²) in [7, 11) is 0. The van der Waals surface area contributed by atoms with E-state index < -0.39 is 0 Å². The van der Waals surface area contributed by atoms with Crippen LogP contribution in [-0.2, 0) is 9.53 Å². The van der Waals surface area contributed by atoms with Crippen molar-refractivity contribution in [2.24, 2.45) is 0 Å². The van der Waals surface area contributed by atoms with Crippen molar-refractivity contribution >= 4 is 5.97 Å². The normalized spacial score (nSPS) is 21.9. The lowest BCUT2D eigenvalue weighted by Crippen LogP contribution is -2.49. The van der Waals surface area contributed by atoms with Gasteiger partial charge in [0.25, 0.3) is 0 Å². The van der Waals surface area contributed by atoms with Gasteiger partial charge in [-0.2, -0.15) is 0 Å². The molecule has 3 nitrogen and oxygen atoms in total. The number of hydrogen-bond donors (Lipinski definition) is 0. The topological polar surface area (TPSA) is 29.5 Å². The van der Waals surface area contributed by atoms with Crippen molar-refractivity contribution in [3.05, 3.63) is 0 Å². The molecule has 0 N–H and O–H groups in total. The van der Waals surface area contributed by atoms with Crippen LogP contribution in [0.5, 0.6) is 0 Å². The van der Waals surface area contributed by atoms with Crippen molar-refractivity contribution < 1.29 is 9.53 Å². The number of likely N-dealkylation sites (tertiary alicyclic amines) is 1. The molecule has 0 unspecified atom stereocenters. The fourth-order valence-corrected chi connectivity index (χ4v) is 1.98. The monoisotopic (exact) mass is 199 g/mol. The molecular weight excluding hydrogens is 178 g/mol. The Hall–Kier alpha value is -0.570. The molecule has 1 aliphatic rings. The third-order valence-corrected chi connectivity index (χ3v) is 2.95. The van der Waals surface area contributed by atoms with Gasteiger partial charge in [-0.25, -0.2) is 0 Å². The summed E-state index contributed by atoms with van der Waals surface area (Å²) in [6.07, 6.45) is 3.64. The zero-order chi connectivity index (χ0) is 10.6. The highest BCUT2D eigenvalue weighted by molar-refractivity contribution is 5.71. The second-order valence-corrected chi connectivity index (χ2v) is 4.50. The van der Waals surface area contributed by atoms with E-state index in [0.717, 1.165) is 6.54 Å². The van der Waals surface area contributed by atoms with Crippen molar-refractivity contribution in [2.45, 2.75) is 45.6 Å². The Morgan fingerprint density at radius 3 is 2.71 bits per heavy atom. The number of ether oxygens (including phenoxy) is 1. The summed E-state index contributed by atoms with van der Waals surface area (Å²) in [6.45, 7) is 8.19. The van der Waals surface area contributed by atoms with Crippen LogP contribution in [-0.4, -0.2) is 36.1 Å². The van der Waals surface area contributed by atoms with Crippen LogP contribution in [0.25, 0.3) is 0 Å². The van der Waals surface area contributed by atoms with Gasteiger partial charge in [-0.3, -0.25) is 9.69 Å². The molecule has 14 heavy (non-hydrogen) atoms. The van der Waals surface area contributed by atoms with Gasteiger partial charge < -0.3 is 4.74 Å². The van der Waals surface area contributed by atoms with Crippen LogP contribution in [0, 0.1) is 0 Å². The van der Waals surface area contributed by atoms with E-state index in [4.69, 9.17) is 4.74 Å². The van der Waals surface area contributed by atoms with Crippen molar-refractivity contribution in [1.82, 2.24) is 4.90 Å². The molecular formula is C11H21NO2. The van der Waals surface area contributed by atoms with Gasteiger partial charge in [0.05, 0.1) is 13.2 Å². The van der Waals surface area contributed by atoms with E-state index in [1.54, 1.807) is 0 Å². The molecule has 0 aromatic rings. The summed E-state index contributed by atoms with van der Waals surface area (Å²) in [5, 5.41) is 0. The van der Waals surface area contributed by atoms with Crippen molar-refractivity contribution in [3.8, 4) is 0 Å². The molecule has 0 radical (unpaired) electrons. The van der Waals surface area contributed by atoms with Crippen molar-refractivity contribution in [1.29, 1.82) is 0 Å². The van der Waals surface area contributed by atoms with E-state index in [1.165, 1.54) is 19.3 Å². The Morgan fingerprint density at radius 1 is 1.43 bits per heavy atom. The molecule has 0 bridgehead atoms. The summed E-state index contributed by atoms with van der Waals surface area (Å²) in [4.78, 5) is 13.6. The van der Waals surface area contributed by atoms with Crippen LogP contribution in [0.3, 0.4) is 0 Å². The van der Waals surface area contributed by atoms with Gasteiger partial charge in [0.1, 0.15) is 0 Å². The number of carbonyl (C=O) groups is 1. The molecule has 82 valence electrons. The molecule has 1 saturated heterocycles. The lowest BCUT2D eigenvalue weighted by Gasteiger charge is -2.41. The van der Waals surface area contributed by atoms with Gasteiger partial charge in [0, 0.05) is 5.54 Å². The Labute approximate surface area is 86.4 Å². The molecule has 0 aliphatic carbocycles. The molecule has 3 heteroatoms. The van der Waals surface area contributed by atoms with Crippen LogP contribution < -0.4 is 0 Å². The van der Waals surface area contributed by atoms with Crippen LogP contribution in [0.1, 0.15) is 40.0 Å². The fourth-order valence-electron chi connectivity index (χ4n) is 1.98. The molecule has 0 atom stereocenters. The first-order chi connectivity index (χ1) is 6.56. The SMILES string of the molecule is CCOC(=O)CN1CCCCC1(C)C. The van der Waals surface area contributed by atoms with Crippen LogP contribution >= 0.6 is 0 Å². The van der Waals surface area contributed by atoms with Crippen LogP contribution in [0.15, 0.2) is 0 Å². The largest absolute Gasteiger partial charge is 0.465 e. The van der Waals surface area contributed by atoms with Gasteiger partial charge in [0.2, 0.25) is 0 Å². The molecule has 1 heterocycles. The maximum Gasteiger partial charge on any atom is 0.320 e. The minimum absolute atomic E-state index is 0.0949. The minimum atomic E-state index is -0.0949. The number of hydrogen-bond acceptors (Lipinski definition) is 3. The van der Waals surface area contributed by atoms with Crippen LogP contribution in [0.4, 0.5) is 0 Å². The van der Waals surface area contributed by atoms with Crippen molar-refractivity contribution in [2.75, 3.05) is 19.7 Å². The van der Waals surface area contributed by atoms with Gasteiger partial charge in [-0.1, -0.05) is 6.42 Å². The number of rotatable bonds is 3. The van der Waals surface area contributed by atoms with E-state index in [0.29, 0.717) is 13.2 Å². The minimum Gasteiger partial charge on any atom is -0.465 e. The zero-order valence-electron chi connectivity index (χ0n) is 9.51. The first kappa shape index (κ1) is 11.5. The maximum absolute atomic E-state index is 11.3. The molecule has 0 aromatic carbocycles. The highest BCUT2D eigenvalue weighted by Crippen LogP contribution is 2.26. The Balaban J connectivity index is 2.45. The third-order valence-electron chi connectivity index (χ3n) is 2.95. The summed E-state index contributed by atoms with van der Waals surface area (Å²) in [6, 6.07) is 0. The first-order valence-electron chi connectivity index (χ1n) is 5.47. The quantitative estimate of drug-likeness (QED) is 0.649. The standard InChI is InChI=1S/C11H21NO2/c1-4-14-10(13)9-12-8-6-5-7-11(12,2)3/h4-9H2,1-3H3.